The third-order valence-electron chi connectivity index (χ3n) is 4.72. The van der Waals surface area contributed by atoms with Gasteiger partial charge in [0.2, 0.25) is 10.0 Å². The van der Waals surface area contributed by atoms with Crippen LogP contribution in [0.15, 0.2) is 42.5 Å². The number of carboxylic acids is 1. The number of aromatic carboxylic acids is 1. The normalized spacial score (nSPS) is 11.5. The second kappa shape index (κ2) is 10.5. The summed E-state index contributed by atoms with van der Waals surface area (Å²) in [6, 6.07) is 11.7. The maximum absolute atomic E-state index is 13.1. The van der Waals surface area contributed by atoms with Crippen LogP contribution < -0.4 is 9.04 Å². The lowest BCUT2D eigenvalue weighted by Crippen LogP contribution is -2.39. The average molecular weight is 434 g/mol. The molecule has 6 nitrogen and oxygen atoms in total. The third-order valence-corrected chi connectivity index (χ3v) is 6.74. The van der Waals surface area contributed by atoms with Crippen LogP contribution in [-0.4, -0.2) is 31.3 Å². The molecule has 30 heavy (non-hydrogen) atoms. The molecule has 0 aromatic heterocycles. The van der Waals surface area contributed by atoms with Crippen LogP contribution in [0.3, 0.4) is 0 Å². The second-order valence-electron chi connectivity index (χ2n) is 7.67. The molecule has 2 aromatic carbocycles. The highest BCUT2D eigenvalue weighted by molar-refractivity contribution is 7.92. The summed E-state index contributed by atoms with van der Waals surface area (Å²) in [4.78, 5) is 11.0. The first-order valence-corrected chi connectivity index (χ1v) is 11.8. The lowest BCUT2D eigenvalue weighted by atomic mass is 10.1. The number of hydrogen-bond donors (Lipinski definition) is 1. The molecule has 0 atom stereocenters. The van der Waals surface area contributed by atoms with Crippen LogP contribution in [0.25, 0.3) is 0 Å². The highest BCUT2D eigenvalue weighted by Gasteiger charge is 2.27. The molecular weight excluding hydrogens is 402 g/mol. The van der Waals surface area contributed by atoms with E-state index in [0.717, 1.165) is 24.0 Å². The molecule has 2 rings (SSSR count). The van der Waals surface area contributed by atoms with E-state index in [1.807, 2.05) is 39.8 Å². The first kappa shape index (κ1) is 23.7. The summed E-state index contributed by atoms with van der Waals surface area (Å²) in [5.41, 5.74) is 2.49. The Morgan fingerprint density at radius 2 is 1.77 bits per heavy atom. The Hall–Kier alpha value is -2.54. The molecule has 0 amide bonds. The van der Waals surface area contributed by atoms with Crippen molar-refractivity contribution in [2.24, 2.45) is 0 Å². The van der Waals surface area contributed by atoms with E-state index in [4.69, 9.17) is 9.84 Å². The number of rotatable bonds is 11. The minimum Gasteiger partial charge on any atom is -0.487 e. The molecule has 0 aliphatic rings. The van der Waals surface area contributed by atoms with Gasteiger partial charge in [-0.25, -0.2) is 13.2 Å². The van der Waals surface area contributed by atoms with Crippen LogP contribution in [-0.2, 0) is 16.6 Å². The molecule has 0 saturated carbocycles. The van der Waals surface area contributed by atoms with Gasteiger partial charge in [0.15, 0.2) is 0 Å². The number of carbonyl (C=O) groups is 1. The lowest BCUT2D eigenvalue weighted by molar-refractivity contribution is 0.0697. The van der Waals surface area contributed by atoms with E-state index in [1.54, 1.807) is 18.2 Å². The van der Waals surface area contributed by atoms with Gasteiger partial charge in [-0.3, -0.25) is 4.31 Å². The summed E-state index contributed by atoms with van der Waals surface area (Å²) in [7, 11) is -3.49. The van der Waals surface area contributed by atoms with Gasteiger partial charge in [0.25, 0.3) is 0 Å². The summed E-state index contributed by atoms with van der Waals surface area (Å²) in [5, 5.41) is 9.02. The molecule has 0 saturated heterocycles. The van der Waals surface area contributed by atoms with Crippen LogP contribution in [0, 0.1) is 6.92 Å². The predicted octanol–water partition coefficient (Wildman–Crippen LogP) is 5.01. The Morgan fingerprint density at radius 3 is 2.33 bits per heavy atom. The topological polar surface area (TPSA) is 83.9 Å². The SMILES string of the molecule is CCCCCS(=O)(=O)N(c1ccc(C)cc1OCc1ccc(C(=O)O)cc1)C(C)C. The highest BCUT2D eigenvalue weighted by atomic mass is 32.2. The van der Waals surface area contributed by atoms with Gasteiger partial charge in [0.05, 0.1) is 17.0 Å². The Labute approximate surface area is 179 Å². The van der Waals surface area contributed by atoms with Crippen LogP contribution in [0.5, 0.6) is 5.75 Å². The monoisotopic (exact) mass is 433 g/mol. The van der Waals surface area contributed by atoms with Gasteiger partial charge >= 0.3 is 5.97 Å². The van der Waals surface area contributed by atoms with E-state index < -0.39 is 16.0 Å². The lowest BCUT2D eigenvalue weighted by Gasteiger charge is -2.30. The summed E-state index contributed by atoms with van der Waals surface area (Å²) in [5.74, 6) is -0.391. The Kier molecular flexibility index (Phi) is 8.29. The van der Waals surface area contributed by atoms with E-state index >= 15 is 0 Å². The highest BCUT2D eigenvalue weighted by Crippen LogP contribution is 2.34. The smallest absolute Gasteiger partial charge is 0.335 e. The fraction of sp³-hybridized carbons (Fsp3) is 0.435. The van der Waals surface area contributed by atoms with Crippen molar-refractivity contribution in [2.45, 2.75) is 59.6 Å². The van der Waals surface area contributed by atoms with Crippen LogP contribution in [0.2, 0.25) is 0 Å². The number of nitrogens with zero attached hydrogens (tertiary/aromatic N) is 1. The third kappa shape index (κ3) is 6.23. The Balaban J connectivity index is 2.30. The molecule has 1 N–H and O–H groups in total. The van der Waals surface area contributed by atoms with E-state index in [2.05, 4.69) is 0 Å². The van der Waals surface area contributed by atoms with Gasteiger partial charge in [-0.05, 0) is 62.6 Å². The van der Waals surface area contributed by atoms with E-state index in [0.29, 0.717) is 17.9 Å². The molecule has 164 valence electrons. The Bertz CT molecular complexity index is 952. The zero-order valence-corrected chi connectivity index (χ0v) is 18.9. The van der Waals surface area contributed by atoms with Crippen molar-refractivity contribution in [3.63, 3.8) is 0 Å². The molecule has 0 spiro atoms. The minimum absolute atomic E-state index is 0.100. The van der Waals surface area contributed by atoms with Gasteiger partial charge in [0, 0.05) is 6.04 Å². The second-order valence-corrected chi connectivity index (χ2v) is 9.64. The van der Waals surface area contributed by atoms with E-state index in [1.165, 1.54) is 16.4 Å². The van der Waals surface area contributed by atoms with Crippen molar-refractivity contribution >= 4 is 21.7 Å². The first-order chi connectivity index (χ1) is 14.2. The molecule has 0 heterocycles. The van der Waals surface area contributed by atoms with Gasteiger partial charge < -0.3 is 9.84 Å². The van der Waals surface area contributed by atoms with E-state index in [9.17, 15) is 13.2 Å². The van der Waals surface area contributed by atoms with Crippen molar-refractivity contribution in [3.05, 3.63) is 59.2 Å². The number of benzene rings is 2. The minimum atomic E-state index is -3.49. The fourth-order valence-electron chi connectivity index (χ4n) is 3.21. The quantitative estimate of drug-likeness (QED) is 0.504. The molecule has 0 unspecified atom stereocenters. The summed E-state index contributed by atoms with van der Waals surface area (Å²) in [6.07, 6.45) is 2.45. The number of unbranched alkanes of at least 4 members (excludes halogenated alkanes) is 2. The summed E-state index contributed by atoms with van der Waals surface area (Å²) in [6.45, 7) is 7.88. The zero-order chi connectivity index (χ0) is 22.3. The first-order valence-electron chi connectivity index (χ1n) is 10.2. The maximum Gasteiger partial charge on any atom is 0.335 e. The van der Waals surface area contributed by atoms with Crippen LogP contribution in [0.4, 0.5) is 5.69 Å². The molecule has 0 bridgehead atoms. The Morgan fingerprint density at radius 1 is 1.10 bits per heavy atom. The number of hydrogen-bond acceptors (Lipinski definition) is 4. The van der Waals surface area contributed by atoms with Gasteiger partial charge in [0.1, 0.15) is 12.4 Å². The fourth-order valence-corrected chi connectivity index (χ4v) is 5.06. The zero-order valence-electron chi connectivity index (χ0n) is 18.1. The van der Waals surface area contributed by atoms with Crippen molar-refractivity contribution in [3.8, 4) is 5.75 Å². The van der Waals surface area contributed by atoms with Crippen molar-refractivity contribution < 1.29 is 23.1 Å². The molecule has 0 aliphatic carbocycles. The standard InChI is InChI=1S/C23H31NO5S/c1-5-6-7-14-30(27,28)24(17(2)3)21-13-8-18(4)15-22(21)29-16-19-9-11-20(12-10-19)23(25)26/h8-13,15,17H,5-7,14,16H2,1-4H3,(H,25,26). The maximum atomic E-state index is 13.1. The molecule has 7 heteroatoms. The van der Waals surface area contributed by atoms with Gasteiger partial charge in [-0.15, -0.1) is 0 Å². The largest absolute Gasteiger partial charge is 0.487 e. The van der Waals surface area contributed by atoms with Crippen molar-refractivity contribution in [1.82, 2.24) is 0 Å². The molecular formula is C23H31NO5S. The summed E-state index contributed by atoms with van der Waals surface area (Å²) < 4.78 is 33.6. The van der Waals surface area contributed by atoms with Crippen molar-refractivity contribution in [1.29, 1.82) is 0 Å². The molecule has 2 aromatic rings. The molecule has 0 radical (unpaired) electrons. The van der Waals surface area contributed by atoms with Crippen molar-refractivity contribution in [2.75, 3.05) is 10.1 Å². The number of ether oxygens (including phenoxy) is 1. The predicted molar refractivity (Wildman–Crippen MR) is 120 cm³/mol. The number of carboxylic acid groups (broad SMARTS) is 1. The van der Waals surface area contributed by atoms with Crippen LogP contribution in [0.1, 0.15) is 61.5 Å². The van der Waals surface area contributed by atoms with Gasteiger partial charge in [-0.2, -0.15) is 0 Å². The molecule has 0 fully saturated rings. The van der Waals surface area contributed by atoms with Gasteiger partial charge in [-0.1, -0.05) is 38.0 Å². The number of aryl methyl sites for hydroxylation is 1. The average Bonchev–Trinajstić information content (AvgIpc) is 2.68. The number of anilines is 1. The van der Waals surface area contributed by atoms with E-state index in [-0.39, 0.29) is 24.0 Å². The summed E-state index contributed by atoms with van der Waals surface area (Å²) >= 11 is 0. The van der Waals surface area contributed by atoms with Crippen LogP contribution >= 0.6 is 0 Å². The number of sulfonamides is 1. The molecule has 0 aliphatic heterocycles.